The summed E-state index contributed by atoms with van der Waals surface area (Å²) in [5.41, 5.74) is 0. The smallest absolute Gasteiger partial charge is 0.231 e. The Bertz CT molecular complexity index is 421. The molecule has 1 aliphatic rings. The van der Waals surface area contributed by atoms with Crippen LogP contribution >= 0.6 is 0 Å². The number of hydrogen-bond acceptors (Lipinski definition) is 7. The monoisotopic (exact) mass is 265 g/mol. The van der Waals surface area contributed by atoms with Gasteiger partial charge in [-0.15, -0.1) is 0 Å². The normalized spacial score (nSPS) is 19.5. The SMILES string of the molecule is CNc1nc(NCC2CCN(C)C2)nc(N(C)C)n1. The fraction of sp³-hybridized carbons (Fsp3) is 0.750. The van der Waals surface area contributed by atoms with E-state index in [1.165, 1.54) is 13.0 Å². The number of anilines is 3. The molecule has 2 heterocycles. The van der Waals surface area contributed by atoms with Crippen LogP contribution < -0.4 is 15.5 Å². The summed E-state index contributed by atoms with van der Waals surface area (Å²) >= 11 is 0. The molecule has 0 amide bonds. The van der Waals surface area contributed by atoms with Crippen LogP contribution in [0.5, 0.6) is 0 Å². The lowest BCUT2D eigenvalue weighted by Crippen LogP contribution is -2.21. The molecular weight excluding hydrogens is 242 g/mol. The van der Waals surface area contributed by atoms with Gasteiger partial charge in [-0.25, -0.2) is 0 Å². The van der Waals surface area contributed by atoms with Crippen LogP contribution in [0.4, 0.5) is 17.8 Å². The maximum absolute atomic E-state index is 4.40. The van der Waals surface area contributed by atoms with Crippen molar-refractivity contribution in [1.29, 1.82) is 0 Å². The van der Waals surface area contributed by atoms with Gasteiger partial charge < -0.3 is 20.4 Å². The van der Waals surface area contributed by atoms with E-state index in [4.69, 9.17) is 0 Å². The molecule has 0 aromatic carbocycles. The van der Waals surface area contributed by atoms with Crippen LogP contribution in [0.1, 0.15) is 6.42 Å². The van der Waals surface area contributed by atoms with Gasteiger partial charge in [-0.05, 0) is 25.9 Å². The van der Waals surface area contributed by atoms with Gasteiger partial charge in [0.1, 0.15) is 0 Å². The summed E-state index contributed by atoms with van der Waals surface area (Å²) in [7, 11) is 7.81. The molecule has 2 rings (SSSR count). The molecule has 7 nitrogen and oxygen atoms in total. The molecule has 1 atom stereocenters. The van der Waals surface area contributed by atoms with Crippen molar-refractivity contribution in [3.63, 3.8) is 0 Å². The third-order valence-corrected chi connectivity index (χ3v) is 3.29. The molecule has 1 aromatic heterocycles. The van der Waals surface area contributed by atoms with Crippen LogP contribution in [0.3, 0.4) is 0 Å². The highest BCUT2D eigenvalue weighted by Crippen LogP contribution is 2.16. The topological polar surface area (TPSA) is 69.2 Å². The first-order valence-corrected chi connectivity index (χ1v) is 6.62. The molecule has 0 radical (unpaired) electrons. The van der Waals surface area contributed by atoms with E-state index >= 15 is 0 Å². The summed E-state index contributed by atoms with van der Waals surface area (Å²) in [6.07, 6.45) is 1.23. The number of rotatable bonds is 5. The van der Waals surface area contributed by atoms with Crippen LogP contribution in [-0.2, 0) is 0 Å². The second kappa shape index (κ2) is 6.01. The largest absolute Gasteiger partial charge is 0.357 e. The number of hydrogen-bond donors (Lipinski definition) is 2. The predicted molar refractivity (Wildman–Crippen MR) is 77.8 cm³/mol. The van der Waals surface area contributed by atoms with E-state index in [0.717, 1.165) is 13.1 Å². The Balaban J connectivity index is 2.00. The van der Waals surface area contributed by atoms with Crippen LogP contribution in [0.25, 0.3) is 0 Å². The second-order valence-corrected chi connectivity index (χ2v) is 5.22. The molecule has 1 aromatic rings. The highest BCUT2D eigenvalue weighted by atomic mass is 15.3. The average Bonchev–Trinajstić information content (AvgIpc) is 2.81. The molecule has 0 spiro atoms. The Labute approximate surface area is 114 Å². The summed E-state index contributed by atoms with van der Waals surface area (Å²) in [4.78, 5) is 17.2. The Hall–Kier alpha value is -1.63. The number of nitrogens with one attached hydrogen (secondary N) is 2. The Morgan fingerprint density at radius 2 is 2.00 bits per heavy atom. The highest BCUT2D eigenvalue weighted by Gasteiger charge is 2.19. The molecule has 106 valence electrons. The summed E-state index contributed by atoms with van der Waals surface area (Å²) in [6.45, 7) is 3.22. The summed E-state index contributed by atoms with van der Waals surface area (Å²) in [5.74, 6) is 2.55. The zero-order valence-electron chi connectivity index (χ0n) is 12.1. The van der Waals surface area contributed by atoms with Gasteiger partial charge in [0, 0.05) is 34.2 Å². The first kappa shape index (κ1) is 13.8. The average molecular weight is 265 g/mol. The third-order valence-electron chi connectivity index (χ3n) is 3.29. The first-order valence-electron chi connectivity index (χ1n) is 6.62. The first-order chi connectivity index (χ1) is 9.08. The lowest BCUT2D eigenvalue weighted by Gasteiger charge is -2.15. The van der Waals surface area contributed by atoms with E-state index in [9.17, 15) is 0 Å². The fourth-order valence-electron chi connectivity index (χ4n) is 2.18. The predicted octanol–water partition coefficient (Wildman–Crippen LogP) is 0.343. The minimum Gasteiger partial charge on any atom is -0.357 e. The molecule has 7 heteroatoms. The van der Waals surface area contributed by atoms with E-state index in [-0.39, 0.29) is 0 Å². The number of aromatic nitrogens is 3. The molecule has 1 aliphatic heterocycles. The molecule has 2 N–H and O–H groups in total. The fourth-order valence-corrected chi connectivity index (χ4v) is 2.18. The van der Waals surface area contributed by atoms with Crippen molar-refractivity contribution >= 4 is 17.8 Å². The van der Waals surface area contributed by atoms with Gasteiger partial charge in [0.05, 0.1) is 0 Å². The zero-order valence-corrected chi connectivity index (χ0v) is 12.1. The Morgan fingerprint density at radius 1 is 1.26 bits per heavy atom. The van der Waals surface area contributed by atoms with Crippen LogP contribution in [0.2, 0.25) is 0 Å². The molecule has 0 saturated carbocycles. The standard InChI is InChI=1S/C12H23N7/c1-13-10-15-11(17-12(16-10)18(2)3)14-7-9-5-6-19(4)8-9/h9H,5-8H2,1-4H3,(H2,13,14,15,16,17). The quantitative estimate of drug-likeness (QED) is 0.795. The van der Waals surface area contributed by atoms with Crippen LogP contribution in [0, 0.1) is 5.92 Å². The van der Waals surface area contributed by atoms with Gasteiger partial charge in [-0.2, -0.15) is 15.0 Å². The highest BCUT2D eigenvalue weighted by molar-refractivity contribution is 5.42. The van der Waals surface area contributed by atoms with Crippen molar-refractivity contribution < 1.29 is 0 Å². The van der Waals surface area contributed by atoms with Gasteiger partial charge in [0.25, 0.3) is 0 Å². The van der Waals surface area contributed by atoms with Gasteiger partial charge >= 0.3 is 0 Å². The molecule has 1 unspecified atom stereocenters. The van der Waals surface area contributed by atoms with E-state index in [2.05, 4.69) is 37.5 Å². The van der Waals surface area contributed by atoms with Crippen molar-refractivity contribution in [3.8, 4) is 0 Å². The Morgan fingerprint density at radius 3 is 2.58 bits per heavy atom. The molecule has 19 heavy (non-hydrogen) atoms. The second-order valence-electron chi connectivity index (χ2n) is 5.22. The molecule has 0 bridgehead atoms. The molecule has 1 fully saturated rings. The third kappa shape index (κ3) is 3.66. The summed E-state index contributed by atoms with van der Waals surface area (Å²) < 4.78 is 0. The molecule has 0 aliphatic carbocycles. The van der Waals surface area contributed by atoms with E-state index < -0.39 is 0 Å². The lowest BCUT2D eigenvalue weighted by atomic mass is 10.1. The van der Waals surface area contributed by atoms with Crippen molar-refractivity contribution in [3.05, 3.63) is 0 Å². The maximum atomic E-state index is 4.40. The van der Waals surface area contributed by atoms with E-state index in [1.807, 2.05) is 26.0 Å². The van der Waals surface area contributed by atoms with Crippen LogP contribution in [0.15, 0.2) is 0 Å². The number of likely N-dealkylation sites (tertiary alicyclic amines) is 1. The van der Waals surface area contributed by atoms with Crippen molar-refractivity contribution in [2.45, 2.75) is 6.42 Å². The van der Waals surface area contributed by atoms with Crippen molar-refractivity contribution in [2.24, 2.45) is 5.92 Å². The van der Waals surface area contributed by atoms with Gasteiger partial charge in [-0.1, -0.05) is 0 Å². The summed E-state index contributed by atoms with van der Waals surface area (Å²) in [6, 6.07) is 0. The van der Waals surface area contributed by atoms with Gasteiger partial charge in [-0.3, -0.25) is 0 Å². The van der Waals surface area contributed by atoms with E-state index in [1.54, 1.807) is 0 Å². The minimum absolute atomic E-state index is 0.588. The minimum atomic E-state index is 0.588. The van der Waals surface area contributed by atoms with Crippen LogP contribution in [-0.4, -0.2) is 67.7 Å². The van der Waals surface area contributed by atoms with E-state index in [0.29, 0.717) is 23.8 Å². The van der Waals surface area contributed by atoms with Gasteiger partial charge in [0.2, 0.25) is 17.8 Å². The molecule has 1 saturated heterocycles. The maximum Gasteiger partial charge on any atom is 0.231 e. The molecular formula is C12H23N7. The lowest BCUT2D eigenvalue weighted by molar-refractivity contribution is 0.399. The zero-order chi connectivity index (χ0) is 13.8. The number of nitrogens with zero attached hydrogens (tertiary/aromatic N) is 5. The van der Waals surface area contributed by atoms with Crippen molar-refractivity contribution in [2.75, 3.05) is 63.4 Å². The summed E-state index contributed by atoms with van der Waals surface area (Å²) in [5, 5.41) is 6.28. The van der Waals surface area contributed by atoms with Crippen molar-refractivity contribution in [1.82, 2.24) is 19.9 Å². The Kier molecular flexibility index (Phi) is 4.36. The van der Waals surface area contributed by atoms with Gasteiger partial charge in [0.15, 0.2) is 0 Å².